The van der Waals surface area contributed by atoms with Gasteiger partial charge >= 0.3 is 0 Å². The smallest absolute Gasteiger partial charge is 0.276 e. The number of aromatic nitrogens is 3. The number of carbonyl (C=O) groups excluding carboxylic acids is 1. The van der Waals surface area contributed by atoms with Crippen LogP contribution in [-0.2, 0) is 9.84 Å². The maximum atomic E-state index is 12.4. The van der Waals surface area contributed by atoms with E-state index in [0.29, 0.717) is 5.69 Å². The highest BCUT2D eigenvalue weighted by molar-refractivity contribution is 7.91. The van der Waals surface area contributed by atoms with E-state index in [-0.39, 0.29) is 24.7 Å². The van der Waals surface area contributed by atoms with Crippen LogP contribution in [0, 0.1) is 0 Å². The Hall–Kier alpha value is -2.22. The van der Waals surface area contributed by atoms with Crippen LogP contribution in [-0.4, -0.2) is 59.2 Å². The largest absolute Gasteiger partial charge is 0.334 e. The van der Waals surface area contributed by atoms with Gasteiger partial charge in [-0.1, -0.05) is 30.3 Å². The van der Waals surface area contributed by atoms with Crippen molar-refractivity contribution in [2.45, 2.75) is 5.25 Å². The Morgan fingerprint density at radius 3 is 2.52 bits per heavy atom. The number of sulfone groups is 1. The zero-order valence-corrected chi connectivity index (χ0v) is 12.2. The molecule has 21 heavy (non-hydrogen) atoms. The zero-order valence-electron chi connectivity index (χ0n) is 11.4. The van der Waals surface area contributed by atoms with Gasteiger partial charge in [-0.3, -0.25) is 4.79 Å². The summed E-state index contributed by atoms with van der Waals surface area (Å²) in [6, 6.07) is 9.24. The molecule has 1 aliphatic rings. The minimum absolute atomic E-state index is 0.207. The molecule has 0 aliphatic carbocycles. The van der Waals surface area contributed by atoms with Crippen LogP contribution in [0.1, 0.15) is 10.5 Å². The normalized spacial score (nSPS) is 15.8. The van der Waals surface area contributed by atoms with Gasteiger partial charge in [0.05, 0.1) is 5.25 Å². The van der Waals surface area contributed by atoms with E-state index < -0.39 is 15.1 Å². The van der Waals surface area contributed by atoms with Crippen molar-refractivity contribution >= 4 is 15.7 Å². The van der Waals surface area contributed by atoms with Crippen molar-refractivity contribution in [1.82, 2.24) is 20.3 Å². The van der Waals surface area contributed by atoms with E-state index in [1.807, 2.05) is 30.3 Å². The van der Waals surface area contributed by atoms with Gasteiger partial charge in [0.1, 0.15) is 5.69 Å². The van der Waals surface area contributed by atoms with Crippen molar-refractivity contribution in [1.29, 1.82) is 0 Å². The highest BCUT2D eigenvalue weighted by Crippen LogP contribution is 2.23. The van der Waals surface area contributed by atoms with E-state index >= 15 is 0 Å². The van der Waals surface area contributed by atoms with Crippen LogP contribution in [0.15, 0.2) is 30.3 Å². The number of nitrogens with zero attached hydrogens (tertiary/aromatic N) is 3. The summed E-state index contributed by atoms with van der Waals surface area (Å²) in [6.07, 6.45) is 1.19. The summed E-state index contributed by atoms with van der Waals surface area (Å²) in [4.78, 5) is 13.8. The molecular weight excluding hydrogens is 292 g/mol. The van der Waals surface area contributed by atoms with Crippen LogP contribution >= 0.6 is 0 Å². The monoisotopic (exact) mass is 306 g/mol. The zero-order chi connectivity index (χ0) is 15.0. The van der Waals surface area contributed by atoms with Crippen molar-refractivity contribution in [3.63, 3.8) is 0 Å². The van der Waals surface area contributed by atoms with Crippen LogP contribution < -0.4 is 0 Å². The highest BCUT2D eigenvalue weighted by Gasteiger charge is 2.39. The SMILES string of the molecule is CS(=O)(=O)C1CN(C(=O)c2n[nH]nc2-c2ccccc2)C1. The van der Waals surface area contributed by atoms with E-state index in [4.69, 9.17) is 0 Å². The molecule has 2 aromatic rings. The summed E-state index contributed by atoms with van der Waals surface area (Å²) < 4.78 is 22.8. The van der Waals surface area contributed by atoms with Crippen molar-refractivity contribution in [3.05, 3.63) is 36.0 Å². The molecular formula is C13H14N4O3S. The third kappa shape index (κ3) is 2.54. The summed E-state index contributed by atoms with van der Waals surface area (Å²) in [5.41, 5.74) is 1.48. The topological polar surface area (TPSA) is 96.0 Å². The first kappa shape index (κ1) is 13.7. The molecule has 1 fully saturated rings. The third-order valence-electron chi connectivity index (χ3n) is 3.54. The van der Waals surface area contributed by atoms with E-state index in [9.17, 15) is 13.2 Å². The second kappa shape index (κ2) is 4.96. The van der Waals surface area contributed by atoms with Crippen LogP contribution in [0.5, 0.6) is 0 Å². The van der Waals surface area contributed by atoms with Gasteiger partial charge in [0.15, 0.2) is 15.5 Å². The van der Waals surface area contributed by atoms with Gasteiger partial charge in [-0.05, 0) is 0 Å². The third-order valence-corrected chi connectivity index (χ3v) is 5.05. The maximum absolute atomic E-state index is 12.4. The number of amides is 1. The Kier molecular flexibility index (Phi) is 3.25. The number of carbonyl (C=O) groups is 1. The molecule has 0 radical (unpaired) electrons. The van der Waals surface area contributed by atoms with Crippen LogP contribution in [0.3, 0.4) is 0 Å². The van der Waals surface area contributed by atoms with E-state index in [0.717, 1.165) is 5.56 Å². The number of hydrogen-bond donors (Lipinski definition) is 1. The van der Waals surface area contributed by atoms with Gasteiger partial charge in [-0.15, -0.1) is 0 Å². The Bertz CT molecular complexity index is 764. The number of hydrogen-bond acceptors (Lipinski definition) is 5. The summed E-state index contributed by atoms with van der Waals surface area (Å²) in [5, 5.41) is 9.90. The molecule has 7 nitrogen and oxygen atoms in total. The lowest BCUT2D eigenvalue weighted by Gasteiger charge is -2.37. The fourth-order valence-corrected chi connectivity index (χ4v) is 3.10. The standard InChI is InChI=1S/C13H14N4O3S/c1-21(19,20)10-7-17(8-10)13(18)12-11(14-16-15-12)9-5-3-2-4-6-9/h2-6,10H,7-8H2,1H3,(H,14,15,16). The summed E-state index contributed by atoms with van der Waals surface area (Å²) in [6.45, 7) is 0.414. The molecule has 0 saturated carbocycles. The van der Waals surface area contributed by atoms with Crippen LogP contribution in [0.2, 0.25) is 0 Å². The van der Waals surface area contributed by atoms with Gasteiger partial charge in [-0.2, -0.15) is 15.4 Å². The van der Waals surface area contributed by atoms with E-state index in [1.165, 1.54) is 11.2 Å². The van der Waals surface area contributed by atoms with Gasteiger partial charge in [-0.25, -0.2) is 8.42 Å². The predicted molar refractivity (Wildman–Crippen MR) is 76.4 cm³/mol. The van der Waals surface area contributed by atoms with Crippen LogP contribution in [0.4, 0.5) is 0 Å². The highest BCUT2D eigenvalue weighted by atomic mass is 32.2. The lowest BCUT2D eigenvalue weighted by atomic mass is 10.1. The summed E-state index contributed by atoms with van der Waals surface area (Å²) >= 11 is 0. The minimum Gasteiger partial charge on any atom is -0.334 e. The fourth-order valence-electron chi connectivity index (χ4n) is 2.20. The Labute approximate surface area is 121 Å². The number of rotatable bonds is 3. The molecule has 0 bridgehead atoms. The number of benzene rings is 1. The number of nitrogens with one attached hydrogen (secondary N) is 1. The molecule has 0 atom stereocenters. The summed E-state index contributed by atoms with van der Waals surface area (Å²) in [5.74, 6) is -0.303. The molecule has 1 aromatic carbocycles. The van der Waals surface area contributed by atoms with Crippen molar-refractivity contribution in [2.75, 3.05) is 19.3 Å². The molecule has 0 spiro atoms. The minimum atomic E-state index is -3.10. The second-order valence-electron chi connectivity index (χ2n) is 5.05. The predicted octanol–water partition coefficient (Wildman–Crippen LogP) is 0.341. The first-order valence-electron chi connectivity index (χ1n) is 6.41. The molecule has 1 N–H and O–H groups in total. The number of aromatic amines is 1. The number of likely N-dealkylation sites (tertiary alicyclic amines) is 1. The van der Waals surface area contributed by atoms with Crippen molar-refractivity contribution in [3.8, 4) is 11.3 Å². The fraction of sp³-hybridized carbons (Fsp3) is 0.308. The van der Waals surface area contributed by atoms with Gasteiger partial charge in [0.2, 0.25) is 0 Å². The van der Waals surface area contributed by atoms with Crippen molar-refractivity contribution < 1.29 is 13.2 Å². The Morgan fingerprint density at radius 2 is 1.90 bits per heavy atom. The molecule has 1 aliphatic heterocycles. The average molecular weight is 306 g/mol. The molecule has 1 aromatic heterocycles. The maximum Gasteiger partial charge on any atom is 0.276 e. The summed E-state index contributed by atoms with van der Waals surface area (Å²) in [7, 11) is -3.10. The molecule has 1 amide bonds. The Morgan fingerprint density at radius 1 is 1.24 bits per heavy atom. The molecule has 0 unspecified atom stereocenters. The van der Waals surface area contributed by atoms with Gasteiger partial charge in [0, 0.05) is 24.9 Å². The first-order chi connectivity index (χ1) is 9.97. The molecule has 1 saturated heterocycles. The lowest BCUT2D eigenvalue weighted by Crippen LogP contribution is -2.56. The van der Waals surface area contributed by atoms with Gasteiger partial charge < -0.3 is 4.90 Å². The molecule has 3 rings (SSSR count). The first-order valence-corrected chi connectivity index (χ1v) is 8.36. The second-order valence-corrected chi connectivity index (χ2v) is 7.37. The van der Waals surface area contributed by atoms with Crippen molar-refractivity contribution in [2.24, 2.45) is 0 Å². The molecule has 2 heterocycles. The van der Waals surface area contributed by atoms with Crippen LogP contribution in [0.25, 0.3) is 11.3 Å². The quantitative estimate of drug-likeness (QED) is 0.882. The van der Waals surface area contributed by atoms with Gasteiger partial charge in [0.25, 0.3) is 5.91 Å². The van der Waals surface area contributed by atoms with E-state index in [1.54, 1.807) is 0 Å². The Balaban J connectivity index is 1.81. The van der Waals surface area contributed by atoms with E-state index in [2.05, 4.69) is 15.4 Å². The molecule has 8 heteroatoms. The molecule has 110 valence electrons. The lowest BCUT2D eigenvalue weighted by molar-refractivity contribution is 0.0654. The number of H-pyrrole nitrogens is 1. The average Bonchev–Trinajstić information content (AvgIpc) is 2.85.